The predicted molar refractivity (Wildman–Crippen MR) is 70.1 cm³/mol. The molecular weight excluding hydrogens is 266 g/mol. The third kappa shape index (κ3) is 2.22. The molecule has 3 rings (SSSR count). The molecule has 0 saturated carbocycles. The number of carboxylic acids is 1. The number of imidazole rings is 1. The number of carbonyl (C=O) groups is 1. The second-order valence-electron chi connectivity index (χ2n) is 4.51. The van der Waals surface area contributed by atoms with Crippen LogP contribution in [0.5, 0.6) is 0 Å². The summed E-state index contributed by atoms with van der Waals surface area (Å²) in [5.41, 5.74) is 2.66. The first-order valence-corrected chi connectivity index (χ1v) is 6.29. The number of aromatic amines is 1. The fraction of sp³-hybridized carbons (Fsp3) is 0.231. The van der Waals surface area contributed by atoms with Gasteiger partial charge < -0.3 is 10.1 Å². The number of nitrogens with zero attached hydrogens (tertiary/aromatic N) is 1. The highest BCUT2D eigenvalue weighted by Gasteiger charge is 2.32. The topological polar surface area (TPSA) is 78.0 Å². The molecule has 0 saturated heterocycles. The van der Waals surface area contributed by atoms with Gasteiger partial charge in [0.1, 0.15) is 6.04 Å². The van der Waals surface area contributed by atoms with Crippen LogP contribution >= 0.6 is 11.6 Å². The molecule has 1 aromatic heterocycles. The standard InChI is InChI=1S/C13H12ClN3O2/c14-8-3-1-7(2-4-8)11-12-9(15-6-16-12)5-10(17-11)13(18)19/h1-4,6,10-11,17H,5H2,(H,15,16)(H,18,19). The van der Waals surface area contributed by atoms with Crippen LogP contribution in [0.4, 0.5) is 0 Å². The van der Waals surface area contributed by atoms with Crippen LogP contribution in [0.15, 0.2) is 30.6 Å². The van der Waals surface area contributed by atoms with Crippen LogP contribution in [0.3, 0.4) is 0 Å². The van der Waals surface area contributed by atoms with Crippen molar-refractivity contribution in [2.24, 2.45) is 0 Å². The number of benzene rings is 1. The molecule has 0 spiro atoms. The molecule has 6 heteroatoms. The Labute approximate surface area is 114 Å². The second-order valence-corrected chi connectivity index (χ2v) is 4.95. The minimum atomic E-state index is -0.862. The summed E-state index contributed by atoms with van der Waals surface area (Å²) in [6.45, 7) is 0. The summed E-state index contributed by atoms with van der Waals surface area (Å²) in [6, 6.07) is 6.48. The molecule has 2 aromatic rings. The molecule has 3 N–H and O–H groups in total. The van der Waals surface area contributed by atoms with Gasteiger partial charge in [0.15, 0.2) is 0 Å². The smallest absolute Gasteiger partial charge is 0.321 e. The monoisotopic (exact) mass is 277 g/mol. The van der Waals surface area contributed by atoms with Crippen molar-refractivity contribution in [3.05, 3.63) is 52.6 Å². The van der Waals surface area contributed by atoms with Gasteiger partial charge in [0.2, 0.25) is 0 Å². The molecule has 0 fully saturated rings. The molecule has 0 radical (unpaired) electrons. The Hall–Kier alpha value is -1.85. The molecule has 0 bridgehead atoms. The maximum absolute atomic E-state index is 11.2. The van der Waals surface area contributed by atoms with Crippen LogP contribution in [0.1, 0.15) is 23.0 Å². The zero-order valence-corrected chi connectivity index (χ0v) is 10.7. The second kappa shape index (κ2) is 4.68. The minimum absolute atomic E-state index is 0.228. The number of aromatic nitrogens is 2. The summed E-state index contributed by atoms with van der Waals surface area (Å²) in [7, 11) is 0. The van der Waals surface area contributed by atoms with Crippen LogP contribution in [-0.2, 0) is 11.2 Å². The highest BCUT2D eigenvalue weighted by Crippen LogP contribution is 2.29. The summed E-state index contributed by atoms with van der Waals surface area (Å²) >= 11 is 5.87. The molecule has 0 aliphatic carbocycles. The quantitative estimate of drug-likeness (QED) is 0.781. The number of hydrogen-bond donors (Lipinski definition) is 3. The lowest BCUT2D eigenvalue weighted by molar-refractivity contribution is -0.139. The van der Waals surface area contributed by atoms with Gasteiger partial charge in [0, 0.05) is 17.1 Å². The first-order chi connectivity index (χ1) is 9.15. The summed E-state index contributed by atoms with van der Waals surface area (Å²) in [5.74, 6) is -0.862. The van der Waals surface area contributed by atoms with E-state index in [-0.39, 0.29) is 6.04 Å². The van der Waals surface area contributed by atoms with E-state index in [0.29, 0.717) is 11.4 Å². The Morgan fingerprint density at radius 2 is 2.11 bits per heavy atom. The summed E-state index contributed by atoms with van der Waals surface area (Å²) in [4.78, 5) is 18.5. The summed E-state index contributed by atoms with van der Waals surface area (Å²) < 4.78 is 0. The van der Waals surface area contributed by atoms with Crippen LogP contribution in [0.2, 0.25) is 5.02 Å². The van der Waals surface area contributed by atoms with Gasteiger partial charge in [-0.05, 0) is 17.7 Å². The summed E-state index contributed by atoms with van der Waals surface area (Å²) in [5, 5.41) is 12.9. The number of hydrogen-bond acceptors (Lipinski definition) is 3. The van der Waals surface area contributed by atoms with E-state index in [2.05, 4.69) is 15.3 Å². The lowest BCUT2D eigenvalue weighted by Crippen LogP contribution is -2.45. The number of halogens is 1. The van der Waals surface area contributed by atoms with Crippen molar-refractivity contribution in [2.75, 3.05) is 0 Å². The fourth-order valence-electron chi connectivity index (χ4n) is 2.35. The molecule has 0 amide bonds. The molecule has 5 nitrogen and oxygen atoms in total. The number of aliphatic carboxylic acids is 1. The average molecular weight is 278 g/mol. The average Bonchev–Trinajstić information content (AvgIpc) is 2.86. The number of rotatable bonds is 2. The van der Waals surface area contributed by atoms with E-state index in [9.17, 15) is 9.90 Å². The van der Waals surface area contributed by atoms with Crippen molar-refractivity contribution >= 4 is 17.6 Å². The van der Waals surface area contributed by atoms with E-state index in [1.165, 1.54) is 0 Å². The van der Waals surface area contributed by atoms with Gasteiger partial charge in [-0.15, -0.1) is 0 Å². The van der Waals surface area contributed by atoms with E-state index in [4.69, 9.17) is 11.6 Å². The molecule has 2 unspecified atom stereocenters. The van der Waals surface area contributed by atoms with E-state index in [1.807, 2.05) is 12.1 Å². The first-order valence-electron chi connectivity index (χ1n) is 5.91. The maximum atomic E-state index is 11.2. The lowest BCUT2D eigenvalue weighted by atomic mass is 9.94. The molecule has 19 heavy (non-hydrogen) atoms. The molecule has 2 heterocycles. The van der Waals surface area contributed by atoms with E-state index in [1.54, 1.807) is 18.5 Å². The molecule has 1 aromatic carbocycles. The van der Waals surface area contributed by atoms with Crippen LogP contribution < -0.4 is 5.32 Å². The van der Waals surface area contributed by atoms with Crippen LogP contribution in [0, 0.1) is 0 Å². The highest BCUT2D eigenvalue weighted by molar-refractivity contribution is 6.30. The van der Waals surface area contributed by atoms with Gasteiger partial charge in [-0.1, -0.05) is 23.7 Å². The normalized spacial score (nSPS) is 21.9. The van der Waals surface area contributed by atoms with Gasteiger partial charge in [-0.2, -0.15) is 0 Å². The number of H-pyrrole nitrogens is 1. The van der Waals surface area contributed by atoms with E-state index < -0.39 is 12.0 Å². The van der Waals surface area contributed by atoms with Gasteiger partial charge >= 0.3 is 5.97 Å². The lowest BCUT2D eigenvalue weighted by Gasteiger charge is -2.28. The van der Waals surface area contributed by atoms with Crippen molar-refractivity contribution in [2.45, 2.75) is 18.5 Å². The maximum Gasteiger partial charge on any atom is 0.321 e. The highest BCUT2D eigenvalue weighted by atomic mass is 35.5. The SMILES string of the molecule is O=C(O)C1Cc2[nH]cnc2C(c2ccc(Cl)cc2)N1. The number of carboxylic acid groups (broad SMARTS) is 1. The fourth-order valence-corrected chi connectivity index (χ4v) is 2.48. The van der Waals surface area contributed by atoms with Crippen LogP contribution in [-0.4, -0.2) is 27.1 Å². The Kier molecular flexibility index (Phi) is 3.00. The first kappa shape index (κ1) is 12.2. The van der Waals surface area contributed by atoms with Crippen molar-refractivity contribution in [1.29, 1.82) is 0 Å². The van der Waals surface area contributed by atoms with Gasteiger partial charge in [0.25, 0.3) is 0 Å². The number of nitrogens with one attached hydrogen (secondary N) is 2. The zero-order chi connectivity index (χ0) is 13.4. The van der Waals surface area contributed by atoms with Gasteiger partial charge in [-0.3, -0.25) is 10.1 Å². The molecule has 1 aliphatic heterocycles. The third-order valence-corrected chi connectivity index (χ3v) is 3.55. The van der Waals surface area contributed by atoms with Crippen molar-refractivity contribution in [3.63, 3.8) is 0 Å². The van der Waals surface area contributed by atoms with E-state index >= 15 is 0 Å². The third-order valence-electron chi connectivity index (χ3n) is 3.30. The zero-order valence-electron chi connectivity index (χ0n) is 9.93. The Morgan fingerprint density at radius 3 is 2.79 bits per heavy atom. The van der Waals surface area contributed by atoms with Crippen LogP contribution in [0.25, 0.3) is 0 Å². The van der Waals surface area contributed by atoms with Gasteiger partial charge in [-0.25, -0.2) is 4.98 Å². The molecule has 1 aliphatic rings. The molecule has 98 valence electrons. The van der Waals surface area contributed by atoms with Crippen molar-refractivity contribution in [3.8, 4) is 0 Å². The summed E-state index contributed by atoms with van der Waals surface area (Å²) in [6.07, 6.45) is 2.01. The Bertz CT molecular complexity index is 609. The largest absolute Gasteiger partial charge is 0.480 e. The molecular formula is C13H12ClN3O2. The Balaban J connectivity index is 2.00. The van der Waals surface area contributed by atoms with Crippen molar-refractivity contribution in [1.82, 2.24) is 15.3 Å². The van der Waals surface area contributed by atoms with Crippen molar-refractivity contribution < 1.29 is 9.90 Å². The molecule has 2 atom stereocenters. The Morgan fingerprint density at radius 1 is 1.37 bits per heavy atom. The minimum Gasteiger partial charge on any atom is -0.480 e. The number of fused-ring (bicyclic) bond motifs is 1. The van der Waals surface area contributed by atoms with E-state index in [0.717, 1.165) is 17.0 Å². The predicted octanol–water partition coefficient (Wildman–Crippen LogP) is 1.75. The van der Waals surface area contributed by atoms with Gasteiger partial charge in [0.05, 0.1) is 18.1 Å².